The maximum atomic E-state index is 4.64. The minimum atomic E-state index is 0. The molecule has 28 valence electrons. The molecule has 0 aromatic carbocycles. The molecule has 0 saturated heterocycles. The average Bonchev–Trinajstić information content (AvgIpc) is 1.00. The van der Waals surface area contributed by atoms with Crippen molar-refractivity contribution in [2.24, 2.45) is 0 Å². The Labute approximate surface area is 51.5 Å². The van der Waals surface area contributed by atoms with Crippen molar-refractivity contribution in [2.45, 2.75) is 0 Å². The molecule has 0 aromatic rings. The topological polar surface area (TPSA) is 35.0 Å². The molecule has 0 atom stereocenters. The van der Waals surface area contributed by atoms with Gasteiger partial charge in [-0.25, -0.2) is 0 Å². The van der Waals surface area contributed by atoms with E-state index in [4.69, 9.17) is 0 Å². The third-order valence-corrected chi connectivity index (χ3v) is 0. The van der Waals surface area contributed by atoms with Crippen LogP contribution in [0.3, 0.4) is 0 Å². The molecular formula is CH8ClNPb. The van der Waals surface area contributed by atoms with Gasteiger partial charge in [0, 0.05) is 6.38 Å². The molecule has 0 unspecified atom stereocenters. The van der Waals surface area contributed by atoms with Crippen molar-refractivity contribution < 1.29 is 0 Å². The van der Waals surface area contributed by atoms with Gasteiger partial charge in [-0.15, -0.1) is 11.6 Å². The second-order valence-electron chi connectivity index (χ2n) is 0. The summed E-state index contributed by atoms with van der Waals surface area (Å²) in [6.07, 6.45) is 1.47. The summed E-state index contributed by atoms with van der Waals surface area (Å²) in [6.45, 7) is 0. The van der Waals surface area contributed by atoms with E-state index in [2.05, 4.69) is 11.6 Å². The zero-order chi connectivity index (χ0) is 2.00. The van der Waals surface area contributed by atoms with Gasteiger partial charge in [0.25, 0.3) is 0 Å². The van der Waals surface area contributed by atoms with Gasteiger partial charge in [0.2, 0.25) is 0 Å². The van der Waals surface area contributed by atoms with E-state index in [1.807, 2.05) is 0 Å². The van der Waals surface area contributed by atoms with E-state index in [0.717, 1.165) is 0 Å². The summed E-state index contributed by atoms with van der Waals surface area (Å²) in [5, 5.41) is 0. The van der Waals surface area contributed by atoms with E-state index in [1.54, 1.807) is 0 Å². The summed E-state index contributed by atoms with van der Waals surface area (Å²) in [5.74, 6) is 0. The van der Waals surface area contributed by atoms with Gasteiger partial charge in [-0.3, -0.25) is 0 Å². The van der Waals surface area contributed by atoms with Crippen LogP contribution in [0, 0.1) is 0 Å². The monoisotopic (exact) mass is 277 g/mol. The van der Waals surface area contributed by atoms with Crippen LogP contribution in [0.25, 0.3) is 0 Å². The van der Waals surface area contributed by atoms with Crippen molar-refractivity contribution in [1.82, 2.24) is 6.15 Å². The van der Waals surface area contributed by atoms with Crippen LogP contribution < -0.4 is 6.15 Å². The molecule has 0 bridgehead atoms. The van der Waals surface area contributed by atoms with Crippen LogP contribution in [0.2, 0.25) is 0 Å². The Bertz CT molecular complexity index is 8.00. The molecule has 0 saturated carbocycles. The number of hydrogen-bond acceptors (Lipinski definition) is 1. The molecule has 2 radical (unpaired) electrons. The summed E-state index contributed by atoms with van der Waals surface area (Å²) in [6, 6.07) is 0. The van der Waals surface area contributed by atoms with Crippen LogP contribution in [0.5, 0.6) is 0 Å². The van der Waals surface area contributed by atoms with E-state index in [-0.39, 0.29) is 33.4 Å². The standard InChI is InChI=1S/CH3Cl.H3N.Pb.2H/c1-2;;;;/h1H3;1H3;;;. The van der Waals surface area contributed by atoms with E-state index in [0.29, 0.717) is 0 Å². The predicted octanol–water partition coefficient (Wildman–Crippen LogP) is 0.101. The fourth-order valence-corrected chi connectivity index (χ4v) is 0. The molecule has 0 spiro atoms. The Morgan fingerprint density at radius 2 is 1.25 bits per heavy atom. The van der Waals surface area contributed by atoms with Crippen molar-refractivity contribution in [3.8, 4) is 0 Å². The molecule has 0 fully saturated rings. The van der Waals surface area contributed by atoms with E-state index >= 15 is 0 Å². The Hall–Kier alpha value is 1.17. The second-order valence-corrected chi connectivity index (χ2v) is 0. The molecule has 0 aliphatic heterocycles. The number of hydrogen-bond donors (Lipinski definition) is 1. The first-order valence-corrected chi connectivity index (χ1v) is 1.13. The van der Waals surface area contributed by atoms with Gasteiger partial charge in [0.1, 0.15) is 0 Å². The van der Waals surface area contributed by atoms with Gasteiger partial charge < -0.3 is 6.15 Å². The van der Waals surface area contributed by atoms with Gasteiger partial charge in [-0.1, -0.05) is 0 Å². The van der Waals surface area contributed by atoms with E-state index < -0.39 is 0 Å². The van der Waals surface area contributed by atoms with Crippen molar-refractivity contribution in [3.05, 3.63) is 0 Å². The van der Waals surface area contributed by atoms with Gasteiger partial charge in [0.15, 0.2) is 0 Å². The number of halogens is 1. The van der Waals surface area contributed by atoms with Gasteiger partial charge >= 0.3 is 27.3 Å². The quantitative estimate of drug-likeness (QED) is 0.494. The third kappa shape index (κ3) is 10.9. The number of rotatable bonds is 0. The van der Waals surface area contributed by atoms with Gasteiger partial charge in [-0.05, 0) is 0 Å². The van der Waals surface area contributed by atoms with Crippen molar-refractivity contribution in [3.63, 3.8) is 0 Å². The van der Waals surface area contributed by atoms with Crippen LogP contribution in [0.1, 0.15) is 0 Å². The summed E-state index contributed by atoms with van der Waals surface area (Å²) in [5.41, 5.74) is 0. The number of alkyl halides is 1. The molecule has 3 heteroatoms. The second kappa shape index (κ2) is 30.6. The first-order valence-electron chi connectivity index (χ1n) is 0.378. The van der Waals surface area contributed by atoms with Gasteiger partial charge in [-0.2, -0.15) is 0 Å². The molecule has 1 nitrogen and oxygen atoms in total. The Kier molecular flexibility index (Phi) is 146. The molecule has 0 aliphatic rings. The van der Waals surface area contributed by atoms with Crippen LogP contribution in [-0.2, 0) is 0 Å². The average molecular weight is 277 g/mol. The van der Waals surface area contributed by atoms with E-state index in [9.17, 15) is 0 Å². The fourth-order valence-electron chi connectivity index (χ4n) is 0. The Balaban J connectivity index is -0.00000000500. The molecule has 0 heterocycles. The minimum absolute atomic E-state index is 0. The van der Waals surface area contributed by atoms with Gasteiger partial charge in [0.05, 0.1) is 0 Å². The molecule has 0 rings (SSSR count). The summed E-state index contributed by atoms with van der Waals surface area (Å²) in [4.78, 5) is 0. The van der Waals surface area contributed by atoms with Crippen LogP contribution in [0.4, 0.5) is 0 Å². The zero-order valence-corrected chi connectivity index (χ0v) is 9.05. The molecule has 0 aromatic heterocycles. The summed E-state index contributed by atoms with van der Waals surface area (Å²) >= 11 is 4.64. The molecule has 3 N–H and O–H groups in total. The van der Waals surface area contributed by atoms with Crippen LogP contribution in [-0.4, -0.2) is 33.7 Å². The summed E-state index contributed by atoms with van der Waals surface area (Å²) < 4.78 is 0. The fraction of sp³-hybridized carbons (Fsp3) is 1.00. The van der Waals surface area contributed by atoms with Crippen molar-refractivity contribution >= 4 is 38.9 Å². The molecule has 0 aliphatic carbocycles. The van der Waals surface area contributed by atoms with E-state index in [1.165, 1.54) is 6.38 Å². The zero-order valence-electron chi connectivity index (χ0n) is 2.79. The predicted molar refractivity (Wildman–Crippen MR) is 25.3 cm³/mol. The summed E-state index contributed by atoms with van der Waals surface area (Å²) in [7, 11) is 0. The first-order chi connectivity index (χ1) is 1.00. The SMILES string of the molecule is CCl.N.[PbH2]. The third-order valence-electron chi connectivity index (χ3n) is 0. The van der Waals surface area contributed by atoms with Crippen LogP contribution in [0.15, 0.2) is 0 Å². The first kappa shape index (κ1) is 19.1. The Morgan fingerprint density at radius 1 is 1.25 bits per heavy atom. The van der Waals surface area contributed by atoms with Crippen molar-refractivity contribution in [2.75, 3.05) is 6.38 Å². The molecular weight excluding hydrogens is 269 g/mol. The normalized spacial score (nSPS) is 1.50. The molecule has 0 amide bonds. The van der Waals surface area contributed by atoms with Crippen LogP contribution >= 0.6 is 11.6 Å². The maximum absolute atomic E-state index is 4.64. The Morgan fingerprint density at radius 3 is 1.25 bits per heavy atom. The van der Waals surface area contributed by atoms with Crippen molar-refractivity contribution in [1.29, 1.82) is 0 Å². The molecule has 4 heavy (non-hydrogen) atoms.